The molecular formula is C28H29N3O3. The minimum atomic E-state index is -0.931. The Kier molecular flexibility index (Phi) is 8.81. The molecule has 34 heavy (non-hydrogen) atoms. The Labute approximate surface area is 200 Å². The van der Waals surface area contributed by atoms with E-state index in [0.29, 0.717) is 17.0 Å². The Balaban J connectivity index is 1.41. The summed E-state index contributed by atoms with van der Waals surface area (Å²) < 4.78 is 0. The standard InChI is InChI=1S/C28H29N3O3/c1-20(2-3-21-4-10-25(11-5-21)28(34)30-17-16-27(32)33)19-31-26-14-12-24(13-15-26)23-8-6-22(18-29)7-9-23/h4-15,20,31H,2-3,16-17,19H2,1H3,(H,30,34)(H,32,33). The maximum Gasteiger partial charge on any atom is 0.305 e. The molecule has 1 amide bonds. The number of nitriles is 1. The fourth-order valence-corrected chi connectivity index (χ4v) is 3.53. The van der Waals surface area contributed by atoms with Crippen LogP contribution in [0.5, 0.6) is 0 Å². The molecule has 0 fully saturated rings. The molecule has 0 aliphatic heterocycles. The van der Waals surface area contributed by atoms with Crippen LogP contribution in [0.25, 0.3) is 11.1 Å². The first-order valence-electron chi connectivity index (χ1n) is 11.4. The SMILES string of the molecule is CC(CCc1ccc(C(=O)NCCC(=O)O)cc1)CNc1ccc(-c2ccc(C#N)cc2)cc1. The van der Waals surface area contributed by atoms with E-state index in [9.17, 15) is 9.59 Å². The van der Waals surface area contributed by atoms with Crippen LogP contribution in [-0.2, 0) is 11.2 Å². The van der Waals surface area contributed by atoms with E-state index in [-0.39, 0.29) is 18.9 Å². The van der Waals surface area contributed by atoms with Gasteiger partial charge in [-0.2, -0.15) is 5.26 Å². The lowest BCUT2D eigenvalue weighted by Crippen LogP contribution is -2.25. The van der Waals surface area contributed by atoms with Crippen LogP contribution >= 0.6 is 0 Å². The number of carboxylic acid groups (broad SMARTS) is 1. The summed E-state index contributed by atoms with van der Waals surface area (Å²) in [5.41, 5.74) is 5.63. The lowest BCUT2D eigenvalue weighted by atomic mass is 10.00. The molecule has 0 radical (unpaired) electrons. The number of aryl methyl sites for hydroxylation is 1. The number of amides is 1. The molecule has 3 rings (SSSR count). The topological polar surface area (TPSA) is 102 Å². The van der Waals surface area contributed by atoms with Gasteiger partial charge in [-0.1, -0.05) is 43.3 Å². The van der Waals surface area contributed by atoms with E-state index in [1.54, 1.807) is 12.1 Å². The van der Waals surface area contributed by atoms with Crippen LogP contribution in [0, 0.1) is 17.2 Å². The zero-order valence-corrected chi connectivity index (χ0v) is 19.3. The predicted molar refractivity (Wildman–Crippen MR) is 134 cm³/mol. The molecule has 1 unspecified atom stereocenters. The summed E-state index contributed by atoms with van der Waals surface area (Å²) in [6.45, 7) is 3.20. The number of hydrogen-bond acceptors (Lipinski definition) is 4. The largest absolute Gasteiger partial charge is 0.481 e. The van der Waals surface area contributed by atoms with Gasteiger partial charge in [0, 0.05) is 24.3 Å². The summed E-state index contributed by atoms with van der Waals surface area (Å²) in [5, 5.41) is 23.7. The number of anilines is 1. The Morgan fingerprint density at radius 3 is 2.15 bits per heavy atom. The summed E-state index contributed by atoms with van der Waals surface area (Å²) in [5.74, 6) is -0.716. The third-order valence-corrected chi connectivity index (χ3v) is 5.65. The first-order chi connectivity index (χ1) is 16.4. The molecule has 0 saturated heterocycles. The van der Waals surface area contributed by atoms with E-state index in [1.165, 1.54) is 5.56 Å². The van der Waals surface area contributed by atoms with Gasteiger partial charge in [0.1, 0.15) is 0 Å². The number of rotatable bonds is 11. The molecule has 0 aliphatic carbocycles. The molecule has 0 bridgehead atoms. The van der Waals surface area contributed by atoms with Gasteiger partial charge >= 0.3 is 5.97 Å². The van der Waals surface area contributed by atoms with Gasteiger partial charge in [0.25, 0.3) is 5.91 Å². The molecule has 0 aliphatic rings. The first-order valence-corrected chi connectivity index (χ1v) is 11.4. The van der Waals surface area contributed by atoms with Gasteiger partial charge in [-0.05, 0) is 71.8 Å². The highest BCUT2D eigenvalue weighted by Gasteiger charge is 2.08. The van der Waals surface area contributed by atoms with Crippen molar-refractivity contribution in [1.29, 1.82) is 5.26 Å². The molecule has 0 spiro atoms. The van der Waals surface area contributed by atoms with Crippen LogP contribution in [0.15, 0.2) is 72.8 Å². The second kappa shape index (κ2) is 12.2. The van der Waals surface area contributed by atoms with Crippen molar-refractivity contribution in [2.45, 2.75) is 26.2 Å². The lowest BCUT2D eigenvalue weighted by Gasteiger charge is -2.14. The van der Waals surface area contributed by atoms with Gasteiger partial charge in [0.2, 0.25) is 0 Å². The van der Waals surface area contributed by atoms with Gasteiger partial charge in [-0.25, -0.2) is 0 Å². The van der Waals surface area contributed by atoms with Crippen LogP contribution < -0.4 is 10.6 Å². The van der Waals surface area contributed by atoms with Crippen molar-refractivity contribution in [2.24, 2.45) is 5.92 Å². The van der Waals surface area contributed by atoms with Crippen LogP contribution in [0.1, 0.15) is 41.3 Å². The number of carbonyl (C=O) groups is 2. The van der Waals surface area contributed by atoms with Crippen molar-refractivity contribution >= 4 is 17.6 Å². The molecule has 1 atom stereocenters. The number of nitrogens with zero attached hydrogens (tertiary/aromatic N) is 1. The second-order valence-electron chi connectivity index (χ2n) is 8.39. The Morgan fingerprint density at radius 1 is 0.941 bits per heavy atom. The van der Waals surface area contributed by atoms with Crippen LogP contribution in [0.3, 0.4) is 0 Å². The molecule has 0 heterocycles. The molecule has 3 aromatic carbocycles. The Bertz CT molecular complexity index is 1130. The maximum atomic E-state index is 12.0. The molecule has 6 nitrogen and oxygen atoms in total. The highest BCUT2D eigenvalue weighted by Crippen LogP contribution is 2.22. The number of benzene rings is 3. The Hall–Kier alpha value is -4.11. The lowest BCUT2D eigenvalue weighted by molar-refractivity contribution is -0.136. The molecular weight excluding hydrogens is 426 g/mol. The predicted octanol–water partition coefficient (Wildman–Crippen LogP) is 5.11. The quantitative estimate of drug-likeness (QED) is 0.373. The number of carbonyl (C=O) groups excluding carboxylic acids is 1. The molecule has 6 heteroatoms. The first kappa shape index (κ1) is 24.5. The monoisotopic (exact) mass is 455 g/mol. The van der Waals surface area contributed by atoms with Crippen molar-refractivity contribution in [3.63, 3.8) is 0 Å². The number of hydrogen-bond donors (Lipinski definition) is 3. The number of aliphatic carboxylic acids is 1. The van der Waals surface area contributed by atoms with Gasteiger partial charge in [0.15, 0.2) is 0 Å². The summed E-state index contributed by atoms with van der Waals surface area (Å²) in [7, 11) is 0. The molecule has 174 valence electrons. The summed E-state index contributed by atoms with van der Waals surface area (Å²) in [6, 6.07) is 25.5. The Morgan fingerprint density at radius 2 is 1.56 bits per heavy atom. The average molecular weight is 456 g/mol. The number of carboxylic acids is 1. The summed E-state index contributed by atoms with van der Waals surface area (Å²) in [6.07, 6.45) is 1.85. The highest BCUT2D eigenvalue weighted by molar-refractivity contribution is 5.94. The van der Waals surface area contributed by atoms with Crippen molar-refractivity contribution in [2.75, 3.05) is 18.4 Å². The van der Waals surface area contributed by atoms with Crippen molar-refractivity contribution in [1.82, 2.24) is 5.32 Å². The van der Waals surface area contributed by atoms with E-state index in [2.05, 4.69) is 47.9 Å². The van der Waals surface area contributed by atoms with Gasteiger partial charge in [-0.15, -0.1) is 0 Å². The molecule has 0 aromatic heterocycles. The minimum absolute atomic E-state index is 0.0863. The minimum Gasteiger partial charge on any atom is -0.481 e. The third kappa shape index (κ3) is 7.49. The summed E-state index contributed by atoms with van der Waals surface area (Å²) >= 11 is 0. The zero-order valence-electron chi connectivity index (χ0n) is 19.3. The van der Waals surface area contributed by atoms with Crippen molar-refractivity contribution in [3.05, 3.63) is 89.5 Å². The second-order valence-corrected chi connectivity index (χ2v) is 8.39. The van der Waals surface area contributed by atoms with E-state index in [1.807, 2.05) is 36.4 Å². The molecule has 0 saturated carbocycles. The van der Waals surface area contributed by atoms with Crippen LogP contribution in [-0.4, -0.2) is 30.1 Å². The van der Waals surface area contributed by atoms with Crippen molar-refractivity contribution in [3.8, 4) is 17.2 Å². The van der Waals surface area contributed by atoms with E-state index < -0.39 is 5.97 Å². The number of nitrogens with one attached hydrogen (secondary N) is 2. The van der Waals surface area contributed by atoms with Gasteiger partial charge in [0.05, 0.1) is 18.1 Å². The fraction of sp³-hybridized carbons (Fsp3) is 0.250. The van der Waals surface area contributed by atoms with Gasteiger partial charge in [-0.3, -0.25) is 9.59 Å². The van der Waals surface area contributed by atoms with E-state index >= 15 is 0 Å². The van der Waals surface area contributed by atoms with Gasteiger partial charge < -0.3 is 15.7 Å². The smallest absolute Gasteiger partial charge is 0.305 e. The fourth-order valence-electron chi connectivity index (χ4n) is 3.53. The summed E-state index contributed by atoms with van der Waals surface area (Å²) in [4.78, 5) is 22.6. The molecule has 3 aromatic rings. The normalized spacial score (nSPS) is 11.3. The highest BCUT2D eigenvalue weighted by atomic mass is 16.4. The average Bonchev–Trinajstić information content (AvgIpc) is 2.86. The van der Waals surface area contributed by atoms with Crippen LogP contribution in [0.4, 0.5) is 5.69 Å². The van der Waals surface area contributed by atoms with E-state index in [4.69, 9.17) is 10.4 Å². The third-order valence-electron chi connectivity index (χ3n) is 5.65. The molecule has 3 N–H and O–H groups in total. The zero-order chi connectivity index (χ0) is 24.3. The van der Waals surface area contributed by atoms with Crippen molar-refractivity contribution < 1.29 is 14.7 Å². The van der Waals surface area contributed by atoms with Crippen LogP contribution in [0.2, 0.25) is 0 Å². The van der Waals surface area contributed by atoms with E-state index in [0.717, 1.165) is 36.2 Å². The maximum absolute atomic E-state index is 12.0.